The Morgan fingerprint density at radius 3 is 2.33 bits per heavy atom. The summed E-state index contributed by atoms with van der Waals surface area (Å²) in [6.07, 6.45) is 0.794. The molecule has 2 N–H and O–H groups in total. The molecule has 1 unspecified atom stereocenters. The average Bonchev–Trinajstić information content (AvgIpc) is 2.28. The summed E-state index contributed by atoms with van der Waals surface area (Å²) < 4.78 is 14.0. The lowest BCUT2D eigenvalue weighted by Gasteiger charge is -2.22. The van der Waals surface area contributed by atoms with Crippen molar-refractivity contribution < 1.29 is 4.39 Å². The minimum atomic E-state index is -0.216. The molecule has 1 atom stereocenters. The third-order valence-electron chi connectivity index (χ3n) is 3.50. The molecule has 18 heavy (non-hydrogen) atoms. The van der Waals surface area contributed by atoms with Crippen LogP contribution in [0.3, 0.4) is 0 Å². The van der Waals surface area contributed by atoms with Gasteiger partial charge in [0.15, 0.2) is 0 Å². The molecule has 0 saturated carbocycles. The normalized spacial score (nSPS) is 13.1. The molecule has 0 amide bonds. The number of hydrogen-bond acceptors (Lipinski definition) is 2. The highest BCUT2D eigenvalue weighted by Crippen LogP contribution is 2.23. The molecule has 0 aromatic heterocycles. The number of benzene rings is 1. The minimum Gasteiger partial charge on any atom is -0.324 e. The zero-order chi connectivity index (χ0) is 13.7. The standard InChI is InChI=1S/C15H25FN2/c1-5-18(6-2)8-7-14(17)15-12(4)9-11(3)10-13(15)16/h9-10,14H,5-8,17H2,1-4H3. The number of nitrogens with two attached hydrogens (primary N) is 1. The third kappa shape index (κ3) is 3.79. The Labute approximate surface area is 110 Å². The first-order valence-corrected chi connectivity index (χ1v) is 6.74. The molecule has 0 aliphatic carbocycles. The quantitative estimate of drug-likeness (QED) is 0.842. The Hall–Kier alpha value is -0.930. The van der Waals surface area contributed by atoms with Gasteiger partial charge in [0.1, 0.15) is 5.82 Å². The van der Waals surface area contributed by atoms with E-state index in [1.807, 2.05) is 19.9 Å². The van der Waals surface area contributed by atoms with Gasteiger partial charge in [-0.25, -0.2) is 4.39 Å². The fraction of sp³-hybridized carbons (Fsp3) is 0.600. The van der Waals surface area contributed by atoms with E-state index < -0.39 is 0 Å². The summed E-state index contributed by atoms with van der Waals surface area (Å²) in [5.41, 5.74) is 8.72. The molecule has 0 saturated heterocycles. The fourth-order valence-electron chi connectivity index (χ4n) is 2.40. The van der Waals surface area contributed by atoms with Gasteiger partial charge < -0.3 is 10.6 Å². The van der Waals surface area contributed by atoms with E-state index >= 15 is 0 Å². The van der Waals surface area contributed by atoms with Gasteiger partial charge in [0, 0.05) is 11.6 Å². The van der Waals surface area contributed by atoms with E-state index in [2.05, 4.69) is 18.7 Å². The van der Waals surface area contributed by atoms with E-state index in [0.717, 1.165) is 37.2 Å². The second-order valence-corrected chi connectivity index (χ2v) is 4.90. The summed E-state index contributed by atoms with van der Waals surface area (Å²) in [5.74, 6) is -0.167. The molecular weight excluding hydrogens is 227 g/mol. The minimum absolute atomic E-state index is 0.167. The van der Waals surface area contributed by atoms with Gasteiger partial charge in [0.05, 0.1) is 0 Å². The zero-order valence-corrected chi connectivity index (χ0v) is 12.0. The molecule has 0 spiro atoms. The first kappa shape index (κ1) is 15.1. The molecule has 1 aromatic carbocycles. The highest BCUT2D eigenvalue weighted by atomic mass is 19.1. The van der Waals surface area contributed by atoms with Gasteiger partial charge >= 0.3 is 0 Å². The number of rotatable bonds is 6. The molecule has 0 radical (unpaired) electrons. The maximum atomic E-state index is 14.0. The highest BCUT2D eigenvalue weighted by molar-refractivity contribution is 5.34. The van der Waals surface area contributed by atoms with Crippen LogP contribution in [0.2, 0.25) is 0 Å². The Morgan fingerprint density at radius 1 is 1.22 bits per heavy atom. The van der Waals surface area contributed by atoms with Crippen molar-refractivity contribution in [3.63, 3.8) is 0 Å². The average molecular weight is 252 g/mol. The van der Waals surface area contributed by atoms with Gasteiger partial charge in [-0.05, 0) is 57.1 Å². The summed E-state index contributed by atoms with van der Waals surface area (Å²) in [5, 5.41) is 0. The topological polar surface area (TPSA) is 29.3 Å². The third-order valence-corrected chi connectivity index (χ3v) is 3.50. The summed E-state index contributed by atoms with van der Waals surface area (Å²) in [6, 6.07) is 3.35. The van der Waals surface area contributed by atoms with E-state index in [1.54, 1.807) is 6.07 Å². The van der Waals surface area contributed by atoms with Crippen LogP contribution in [0.25, 0.3) is 0 Å². The van der Waals surface area contributed by atoms with Crippen molar-refractivity contribution in [2.75, 3.05) is 19.6 Å². The van der Waals surface area contributed by atoms with Gasteiger partial charge in [-0.15, -0.1) is 0 Å². The summed E-state index contributed by atoms with van der Waals surface area (Å²) in [7, 11) is 0. The van der Waals surface area contributed by atoms with E-state index in [4.69, 9.17) is 5.73 Å². The van der Waals surface area contributed by atoms with Crippen LogP contribution < -0.4 is 5.73 Å². The van der Waals surface area contributed by atoms with Gasteiger partial charge in [-0.1, -0.05) is 19.9 Å². The van der Waals surface area contributed by atoms with Crippen LogP contribution in [0.15, 0.2) is 12.1 Å². The molecule has 0 fully saturated rings. The molecular formula is C15H25FN2. The molecule has 1 aromatic rings. The molecule has 0 heterocycles. The van der Waals surface area contributed by atoms with Crippen LogP contribution >= 0.6 is 0 Å². The predicted octanol–water partition coefficient (Wildman–Crippen LogP) is 3.17. The maximum Gasteiger partial charge on any atom is 0.128 e. The van der Waals surface area contributed by atoms with E-state index in [0.29, 0.717) is 5.56 Å². The van der Waals surface area contributed by atoms with E-state index in [9.17, 15) is 4.39 Å². The highest BCUT2D eigenvalue weighted by Gasteiger charge is 2.15. The maximum absolute atomic E-state index is 14.0. The van der Waals surface area contributed by atoms with Crippen molar-refractivity contribution in [3.8, 4) is 0 Å². The van der Waals surface area contributed by atoms with Gasteiger partial charge in [-0.3, -0.25) is 0 Å². The molecule has 0 aliphatic heterocycles. The van der Waals surface area contributed by atoms with Crippen molar-refractivity contribution >= 4 is 0 Å². The lowest BCUT2D eigenvalue weighted by Crippen LogP contribution is -2.27. The second kappa shape index (κ2) is 6.86. The largest absolute Gasteiger partial charge is 0.324 e. The number of aryl methyl sites for hydroxylation is 2. The first-order chi connectivity index (χ1) is 8.49. The van der Waals surface area contributed by atoms with Crippen LogP contribution in [0.5, 0.6) is 0 Å². The zero-order valence-electron chi connectivity index (χ0n) is 12.0. The summed E-state index contributed by atoms with van der Waals surface area (Å²) >= 11 is 0. The first-order valence-electron chi connectivity index (χ1n) is 6.74. The van der Waals surface area contributed by atoms with Gasteiger partial charge in [-0.2, -0.15) is 0 Å². The number of halogens is 1. The van der Waals surface area contributed by atoms with Crippen molar-refractivity contribution in [1.29, 1.82) is 0 Å². The van der Waals surface area contributed by atoms with Crippen molar-refractivity contribution in [2.24, 2.45) is 5.73 Å². The van der Waals surface area contributed by atoms with Crippen LogP contribution in [0, 0.1) is 19.7 Å². The molecule has 1 rings (SSSR count). The van der Waals surface area contributed by atoms with Crippen LogP contribution in [0.1, 0.15) is 43.0 Å². The van der Waals surface area contributed by atoms with Gasteiger partial charge in [0.2, 0.25) is 0 Å². The predicted molar refractivity (Wildman–Crippen MR) is 75.2 cm³/mol. The smallest absolute Gasteiger partial charge is 0.128 e. The molecule has 2 nitrogen and oxygen atoms in total. The molecule has 0 bridgehead atoms. The Morgan fingerprint density at radius 2 is 1.83 bits per heavy atom. The second-order valence-electron chi connectivity index (χ2n) is 4.90. The monoisotopic (exact) mass is 252 g/mol. The Kier molecular flexibility index (Phi) is 5.76. The summed E-state index contributed by atoms with van der Waals surface area (Å²) in [6.45, 7) is 11.0. The van der Waals surface area contributed by atoms with E-state index in [-0.39, 0.29) is 11.9 Å². The number of hydrogen-bond donors (Lipinski definition) is 1. The van der Waals surface area contributed by atoms with Crippen LogP contribution in [-0.4, -0.2) is 24.5 Å². The lowest BCUT2D eigenvalue weighted by molar-refractivity contribution is 0.289. The fourth-order valence-corrected chi connectivity index (χ4v) is 2.40. The molecule has 0 aliphatic rings. The van der Waals surface area contributed by atoms with Gasteiger partial charge in [0.25, 0.3) is 0 Å². The van der Waals surface area contributed by atoms with Crippen molar-refractivity contribution in [1.82, 2.24) is 4.90 Å². The Balaban J connectivity index is 2.75. The van der Waals surface area contributed by atoms with E-state index in [1.165, 1.54) is 0 Å². The van der Waals surface area contributed by atoms with Crippen molar-refractivity contribution in [3.05, 3.63) is 34.6 Å². The van der Waals surface area contributed by atoms with Crippen LogP contribution in [-0.2, 0) is 0 Å². The summed E-state index contributed by atoms with van der Waals surface area (Å²) in [4.78, 5) is 2.31. The molecule has 3 heteroatoms. The Bertz CT molecular complexity index is 363. The van der Waals surface area contributed by atoms with Crippen LogP contribution in [0.4, 0.5) is 4.39 Å². The number of nitrogens with zero attached hydrogens (tertiary/aromatic N) is 1. The van der Waals surface area contributed by atoms with Crippen molar-refractivity contribution in [2.45, 2.75) is 40.2 Å². The SMILES string of the molecule is CCN(CC)CCC(N)c1c(C)cc(C)cc1F. The lowest BCUT2D eigenvalue weighted by atomic mass is 9.97. The molecule has 102 valence electrons.